The van der Waals surface area contributed by atoms with Crippen LogP contribution in [0.25, 0.3) is 0 Å². The van der Waals surface area contributed by atoms with Gasteiger partial charge >= 0.3 is 0 Å². The molecule has 1 aromatic carbocycles. The highest BCUT2D eigenvalue weighted by Crippen LogP contribution is 2.60. The van der Waals surface area contributed by atoms with Crippen LogP contribution in [0, 0.1) is 35.0 Å². The van der Waals surface area contributed by atoms with Crippen LogP contribution in [0.5, 0.6) is 0 Å². The summed E-state index contributed by atoms with van der Waals surface area (Å²) in [5.74, 6) is 2.58. The van der Waals surface area contributed by atoms with E-state index in [0.717, 1.165) is 32.1 Å². The van der Waals surface area contributed by atoms with Gasteiger partial charge in [0.25, 0.3) is 0 Å². The van der Waals surface area contributed by atoms with Crippen LogP contribution in [-0.4, -0.2) is 43.7 Å². The average molecular weight is 498 g/mol. The molecular weight excluding hydrogens is 462 g/mol. The van der Waals surface area contributed by atoms with Crippen molar-refractivity contribution in [1.82, 2.24) is 9.62 Å². The van der Waals surface area contributed by atoms with Gasteiger partial charge < -0.3 is 10.6 Å². The Morgan fingerprint density at radius 3 is 1.97 bits per heavy atom. The molecule has 8 heteroatoms. The zero-order chi connectivity index (χ0) is 24.4. The van der Waals surface area contributed by atoms with E-state index in [1.54, 1.807) is 28.6 Å². The lowest BCUT2D eigenvalue weighted by Crippen LogP contribution is -2.51. The van der Waals surface area contributed by atoms with Gasteiger partial charge in [0, 0.05) is 24.8 Å². The summed E-state index contributed by atoms with van der Waals surface area (Å²) in [5.41, 5.74) is 0.444. The molecule has 1 aromatic rings. The molecule has 5 saturated carbocycles. The molecule has 2 unspecified atom stereocenters. The third kappa shape index (κ3) is 4.12. The Morgan fingerprint density at radius 2 is 1.46 bits per heavy atom. The minimum atomic E-state index is -3.59. The fourth-order valence-electron chi connectivity index (χ4n) is 8.34. The van der Waals surface area contributed by atoms with Gasteiger partial charge in [0.1, 0.15) is 0 Å². The summed E-state index contributed by atoms with van der Waals surface area (Å²) >= 11 is 0. The Labute approximate surface area is 207 Å². The van der Waals surface area contributed by atoms with E-state index in [9.17, 15) is 18.0 Å². The van der Waals surface area contributed by atoms with Gasteiger partial charge in [-0.1, -0.05) is 6.58 Å². The molecule has 0 aromatic heterocycles. The molecule has 7 rings (SSSR count). The maximum Gasteiger partial charge on any atom is 0.243 e. The SMILES string of the molecule is C=CC(=O)NC1CC2CN(S(=O)(=O)c3ccc(NC(=O)C45CC6CC(CC(C6)C4)C5)cc3)CC2C1. The van der Waals surface area contributed by atoms with Gasteiger partial charge in [-0.3, -0.25) is 9.59 Å². The van der Waals surface area contributed by atoms with E-state index < -0.39 is 10.0 Å². The maximum atomic E-state index is 13.3. The topological polar surface area (TPSA) is 95.6 Å². The summed E-state index contributed by atoms with van der Waals surface area (Å²) in [6.45, 7) is 4.46. The Hall–Kier alpha value is -2.19. The van der Waals surface area contributed by atoms with Crippen molar-refractivity contribution in [2.75, 3.05) is 18.4 Å². The number of hydrogen-bond acceptors (Lipinski definition) is 4. The summed E-state index contributed by atoms with van der Waals surface area (Å²) in [6.07, 6.45) is 9.77. The second-order valence-corrected chi connectivity index (χ2v) is 13.8. The molecule has 6 aliphatic rings. The standard InChI is InChI=1S/C27H35N3O4S/c1-2-25(31)28-23-10-20-15-30(16-21(20)11-23)35(33,34)24-5-3-22(4-6-24)29-26(32)27-12-17-7-18(13-27)9-19(8-17)14-27/h2-6,17-21,23H,1,7-16H2,(H,28,31)(H,29,32). The fourth-order valence-corrected chi connectivity index (χ4v) is 9.90. The van der Waals surface area contributed by atoms with Crippen LogP contribution in [0.3, 0.4) is 0 Å². The van der Waals surface area contributed by atoms with Crippen LogP contribution in [0.4, 0.5) is 5.69 Å². The molecule has 2 N–H and O–H groups in total. The van der Waals surface area contributed by atoms with E-state index in [-0.39, 0.29) is 40.0 Å². The molecule has 2 atom stereocenters. The van der Waals surface area contributed by atoms with E-state index >= 15 is 0 Å². The van der Waals surface area contributed by atoms with Crippen molar-refractivity contribution in [3.05, 3.63) is 36.9 Å². The van der Waals surface area contributed by atoms with Gasteiger partial charge in [-0.2, -0.15) is 4.31 Å². The van der Waals surface area contributed by atoms with Crippen molar-refractivity contribution in [1.29, 1.82) is 0 Å². The molecule has 4 bridgehead atoms. The molecular formula is C27H35N3O4S. The molecule has 35 heavy (non-hydrogen) atoms. The predicted molar refractivity (Wildman–Crippen MR) is 133 cm³/mol. The van der Waals surface area contributed by atoms with E-state index in [1.165, 1.54) is 25.3 Å². The maximum absolute atomic E-state index is 13.3. The third-order valence-electron chi connectivity index (χ3n) is 9.52. The lowest BCUT2D eigenvalue weighted by molar-refractivity contribution is -0.140. The van der Waals surface area contributed by atoms with Gasteiger partial charge in [0.15, 0.2) is 0 Å². The number of hydrogen-bond donors (Lipinski definition) is 2. The normalized spacial score (nSPS) is 37.7. The van der Waals surface area contributed by atoms with Crippen molar-refractivity contribution < 1.29 is 18.0 Å². The van der Waals surface area contributed by atoms with Crippen molar-refractivity contribution in [3.8, 4) is 0 Å². The molecule has 1 heterocycles. The molecule has 1 saturated heterocycles. The van der Waals surface area contributed by atoms with Crippen LogP contribution in [0.1, 0.15) is 51.4 Å². The highest BCUT2D eigenvalue weighted by Gasteiger charge is 2.54. The lowest BCUT2D eigenvalue weighted by Gasteiger charge is -2.55. The lowest BCUT2D eigenvalue weighted by atomic mass is 9.49. The number of nitrogens with zero attached hydrogens (tertiary/aromatic N) is 1. The van der Waals surface area contributed by atoms with E-state index in [0.29, 0.717) is 36.5 Å². The zero-order valence-electron chi connectivity index (χ0n) is 20.1. The number of nitrogens with one attached hydrogen (secondary N) is 2. The second-order valence-electron chi connectivity index (χ2n) is 11.9. The quantitative estimate of drug-likeness (QED) is 0.588. The Balaban J connectivity index is 1.09. The fraction of sp³-hybridized carbons (Fsp3) is 0.630. The van der Waals surface area contributed by atoms with E-state index in [1.807, 2.05) is 0 Å². The van der Waals surface area contributed by atoms with Crippen LogP contribution in [-0.2, 0) is 19.6 Å². The van der Waals surface area contributed by atoms with Crippen LogP contribution >= 0.6 is 0 Å². The molecule has 1 aliphatic heterocycles. The smallest absolute Gasteiger partial charge is 0.243 e. The summed E-state index contributed by atoms with van der Waals surface area (Å²) in [4.78, 5) is 25.2. The number of rotatable bonds is 6. The highest BCUT2D eigenvalue weighted by molar-refractivity contribution is 7.89. The molecule has 188 valence electrons. The van der Waals surface area contributed by atoms with Crippen LogP contribution in [0.15, 0.2) is 41.8 Å². The number of benzene rings is 1. The van der Waals surface area contributed by atoms with Crippen molar-refractivity contribution in [2.24, 2.45) is 35.0 Å². The number of sulfonamides is 1. The monoisotopic (exact) mass is 497 g/mol. The second kappa shape index (κ2) is 8.44. The Morgan fingerprint density at radius 1 is 0.914 bits per heavy atom. The molecule has 7 nitrogen and oxygen atoms in total. The van der Waals surface area contributed by atoms with Crippen LogP contribution < -0.4 is 10.6 Å². The van der Waals surface area contributed by atoms with Gasteiger partial charge in [0.2, 0.25) is 21.8 Å². The third-order valence-corrected chi connectivity index (χ3v) is 11.4. The first-order valence-electron chi connectivity index (χ1n) is 13.1. The van der Waals surface area contributed by atoms with Crippen molar-refractivity contribution in [2.45, 2.75) is 62.3 Å². The number of fused-ring (bicyclic) bond motifs is 1. The number of anilines is 1. The first-order chi connectivity index (χ1) is 16.7. The van der Waals surface area contributed by atoms with Gasteiger partial charge in [-0.15, -0.1) is 0 Å². The summed E-state index contributed by atoms with van der Waals surface area (Å²) in [5, 5.41) is 6.06. The van der Waals surface area contributed by atoms with Crippen molar-refractivity contribution in [3.63, 3.8) is 0 Å². The first kappa shape index (κ1) is 23.2. The minimum Gasteiger partial charge on any atom is -0.350 e. The molecule has 5 aliphatic carbocycles. The number of amides is 2. The molecule has 0 spiro atoms. The van der Waals surface area contributed by atoms with E-state index in [4.69, 9.17) is 0 Å². The largest absolute Gasteiger partial charge is 0.350 e. The Kier molecular flexibility index (Phi) is 5.60. The highest BCUT2D eigenvalue weighted by atomic mass is 32.2. The zero-order valence-corrected chi connectivity index (χ0v) is 20.9. The van der Waals surface area contributed by atoms with E-state index in [2.05, 4.69) is 17.2 Å². The minimum absolute atomic E-state index is 0.0946. The summed E-state index contributed by atoms with van der Waals surface area (Å²) in [7, 11) is -3.59. The summed E-state index contributed by atoms with van der Waals surface area (Å²) < 4.78 is 28.2. The van der Waals surface area contributed by atoms with Crippen molar-refractivity contribution >= 4 is 27.5 Å². The molecule has 2 amide bonds. The predicted octanol–water partition coefficient (Wildman–Crippen LogP) is 3.54. The molecule has 0 radical (unpaired) electrons. The van der Waals surface area contributed by atoms with Gasteiger partial charge in [-0.25, -0.2) is 8.42 Å². The van der Waals surface area contributed by atoms with Crippen LogP contribution in [0.2, 0.25) is 0 Å². The molecule has 6 fully saturated rings. The summed E-state index contributed by atoms with van der Waals surface area (Å²) in [6, 6.07) is 6.78. The van der Waals surface area contributed by atoms with Gasteiger partial charge in [-0.05, 0) is 111 Å². The van der Waals surface area contributed by atoms with Gasteiger partial charge in [0.05, 0.1) is 10.3 Å². The number of carbonyl (C=O) groups is 2. The average Bonchev–Trinajstić information content (AvgIpc) is 3.38. The number of carbonyl (C=O) groups excluding carboxylic acids is 2. The first-order valence-corrected chi connectivity index (χ1v) is 14.5. The Bertz CT molecular complexity index is 1100.